The van der Waals surface area contributed by atoms with E-state index in [9.17, 15) is 8.78 Å². The maximum atomic E-state index is 12.8. The Bertz CT molecular complexity index is 352. The molecule has 0 bridgehead atoms. The van der Waals surface area contributed by atoms with Gasteiger partial charge in [-0.1, -0.05) is 12.2 Å². The van der Waals surface area contributed by atoms with Crippen molar-refractivity contribution >= 4 is 11.8 Å². The molecule has 0 aliphatic heterocycles. The van der Waals surface area contributed by atoms with E-state index < -0.39 is 11.6 Å². The van der Waals surface area contributed by atoms with Crippen molar-refractivity contribution in [3.8, 4) is 0 Å². The lowest BCUT2D eigenvalue weighted by atomic mass is 10.3. The van der Waals surface area contributed by atoms with Crippen LogP contribution in [-0.2, 0) is 0 Å². The molecule has 1 aromatic rings. The van der Waals surface area contributed by atoms with Crippen LogP contribution in [0.15, 0.2) is 35.2 Å². The number of likely N-dealkylation sites (N-methyl/N-ethyl adjacent to an activating group) is 1. The fourth-order valence-corrected chi connectivity index (χ4v) is 1.88. The highest BCUT2D eigenvalue weighted by atomic mass is 32.2. The van der Waals surface area contributed by atoms with E-state index in [1.807, 2.05) is 7.05 Å². The number of benzene rings is 1. The number of nitrogens with one attached hydrogen (secondary N) is 1. The molecule has 0 aliphatic rings. The lowest BCUT2D eigenvalue weighted by Crippen LogP contribution is -2.10. The fourth-order valence-electron chi connectivity index (χ4n) is 1.05. The maximum absolute atomic E-state index is 12.8. The maximum Gasteiger partial charge on any atom is 0.159 e. The molecule has 1 nitrogen and oxygen atoms in total. The molecule has 1 rings (SSSR count). The quantitative estimate of drug-likeness (QED) is 0.615. The molecule has 82 valence electrons. The Morgan fingerprint density at radius 1 is 1.40 bits per heavy atom. The summed E-state index contributed by atoms with van der Waals surface area (Å²) >= 11 is 1.45. The van der Waals surface area contributed by atoms with Crippen molar-refractivity contribution in [2.24, 2.45) is 0 Å². The van der Waals surface area contributed by atoms with Crippen molar-refractivity contribution in [3.05, 3.63) is 42.0 Å². The molecule has 0 atom stereocenters. The van der Waals surface area contributed by atoms with Gasteiger partial charge in [0.05, 0.1) is 0 Å². The Hall–Kier alpha value is -0.870. The number of hydrogen-bond acceptors (Lipinski definition) is 2. The van der Waals surface area contributed by atoms with Gasteiger partial charge < -0.3 is 5.32 Å². The monoisotopic (exact) mass is 229 g/mol. The first-order chi connectivity index (χ1) is 7.13. The summed E-state index contributed by atoms with van der Waals surface area (Å²) in [6.07, 6.45) is 0. The van der Waals surface area contributed by atoms with Crippen molar-refractivity contribution < 1.29 is 8.78 Å². The Morgan fingerprint density at radius 3 is 2.73 bits per heavy atom. The van der Waals surface area contributed by atoms with Crippen LogP contribution in [0.1, 0.15) is 0 Å². The van der Waals surface area contributed by atoms with Crippen molar-refractivity contribution in [3.63, 3.8) is 0 Å². The van der Waals surface area contributed by atoms with Crippen molar-refractivity contribution in [1.29, 1.82) is 0 Å². The van der Waals surface area contributed by atoms with E-state index in [2.05, 4.69) is 11.9 Å². The summed E-state index contributed by atoms with van der Waals surface area (Å²) in [5.41, 5.74) is 1.02. The molecule has 0 unspecified atom stereocenters. The van der Waals surface area contributed by atoms with Gasteiger partial charge in [-0.05, 0) is 25.2 Å². The highest BCUT2D eigenvalue weighted by Crippen LogP contribution is 2.21. The molecule has 0 aromatic heterocycles. The van der Waals surface area contributed by atoms with Crippen molar-refractivity contribution in [2.45, 2.75) is 4.90 Å². The van der Waals surface area contributed by atoms with E-state index in [1.165, 1.54) is 17.8 Å². The predicted molar refractivity (Wildman–Crippen MR) is 60.1 cm³/mol. The molecule has 0 heterocycles. The SMILES string of the molecule is C=C(CNC)CSc1ccc(F)c(F)c1. The van der Waals surface area contributed by atoms with E-state index in [0.29, 0.717) is 10.6 Å². The molecule has 15 heavy (non-hydrogen) atoms. The molecule has 0 aliphatic carbocycles. The molecule has 0 amide bonds. The van der Waals surface area contributed by atoms with Gasteiger partial charge >= 0.3 is 0 Å². The summed E-state index contributed by atoms with van der Waals surface area (Å²) in [5, 5.41) is 2.98. The summed E-state index contributed by atoms with van der Waals surface area (Å²) in [6.45, 7) is 4.58. The van der Waals surface area contributed by atoms with Crippen LogP contribution in [0.3, 0.4) is 0 Å². The first kappa shape index (κ1) is 12.2. The van der Waals surface area contributed by atoms with E-state index >= 15 is 0 Å². The zero-order valence-corrected chi connectivity index (χ0v) is 9.33. The second-order valence-electron chi connectivity index (χ2n) is 3.14. The molecule has 0 fully saturated rings. The van der Waals surface area contributed by atoms with Crippen LogP contribution >= 0.6 is 11.8 Å². The smallest absolute Gasteiger partial charge is 0.159 e. The first-order valence-corrected chi connectivity index (χ1v) is 5.51. The first-order valence-electron chi connectivity index (χ1n) is 4.52. The minimum atomic E-state index is -0.812. The lowest BCUT2D eigenvalue weighted by molar-refractivity contribution is 0.506. The third kappa shape index (κ3) is 4.01. The van der Waals surface area contributed by atoms with Crippen molar-refractivity contribution in [1.82, 2.24) is 5.32 Å². The van der Waals surface area contributed by atoms with Gasteiger partial charge in [-0.25, -0.2) is 8.78 Å². The van der Waals surface area contributed by atoms with E-state index in [4.69, 9.17) is 0 Å². The number of thioether (sulfide) groups is 1. The molecule has 0 saturated carbocycles. The summed E-state index contributed by atoms with van der Waals surface area (Å²) in [6, 6.07) is 3.90. The third-order valence-electron chi connectivity index (χ3n) is 1.76. The molecular formula is C11H13F2NS. The van der Waals surface area contributed by atoms with E-state index in [1.54, 1.807) is 6.07 Å². The minimum Gasteiger partial charge on any atom is -0.316 e. The van der Waals surface area contributed by atoms with Crippen LogP contribution in [0.2, 0.25) is 0 Å². The highest BCUT2D eigenvalue weighted by Gasteiger charge is 2.03. The molecule has 1 N–H and O–H groups in total. The summed E-state index contributed by atoms with van der Waals surface area (Å²) in [5.74, 6) is -0.918. The van der Waals surface area contributed by atoms with Gasteiger partial charge in [0.25, 0.3) is 0 Å². The standard InChI is InChI=1S/C11H13F2NS/c1-8(6-14-2)7-15-9-3-4-10(12)11(13)5-9/h3-5,14H,1,6-7H2,2H3. The largest absolute Gasteiger partial charge is 0.316 e. The van der Waals surface area contributed by atoms with Crippen LogP contribution in [0, 0.1) is 11.6 Å². The molecule has 1 aromatic carbocycles. The van der Waals surface area contributed by atoms with Crippen LogP contribution in [0.25, 0.3) is 0 Å². The predicted octanol–water partition coefficient (Wildman–Crippen LogP) is 2.83. The normalized spacial score (nSPS) is 10.3. The van der Waals surface area contributed by atoms with Crippen molar-refractivity contribution in [2.75, 3.05) is 19.3 Å². The third-order valence-corrected chi connectivity index (χ3v) is 2.90. The van der Waals surface area contributed by atoms with Gasteiger partial charge in [0.1, 0.15) is 0 Å². The Kier molecular flexibility index (Phi) is 4.78. The highest BCUT2D eigenvalue weighted by molar-refractivity contribution is 7.99. The van der Waals surface area contributed by atoms with Gasteiger partial charge in [-0.3, -0.25) is 0 Å². The Labute approximate surface area is 92.6 Å². The summed E-state index contributed by atoms with van der Waals surface area (Å²) in [7, 11) is 1.84. The fraction of sp³-hybridized carbons (Fsp3) is 0.273. The van der Waals surface area contributed by atoms with Crippen LogP contribution in [0.4, 0.5) is 8.78 Å². The van der Waals surface area contributed by atoms with Crippen LogP contribution in [0.5, 0.6) is 0 Å². The number of rotatable bonds is 5. The molecular weight excluding hydrogens is 216 g/mol. The zero-order chi connectivity index (χ0) is 11.3. The van der Waals surface area contributed by atoms with Gasteiger partial charge in [-0.15, -0.1) is 11.8 Å². The average Bonchev–Trinajstić information content (AvgIpc) is 2.20. The zero-order valence-electron chi connectivity index (χ0n) is 8.52. The average molecular weight is 229 g/mol. The summed E-state index contributed by atoms with van der Waals surface area (Å²) in [4.78, 5) is 0.714. The summed E-state index contributed by atoms with van der Waals surface area (Å²) < 4.78 is 25.4. The minimum absolute atomic E-state index is 0.700. The van der Waals surface area contributed by atoms with E-state index in [0.717, 1.165) is 18.2 Å². The Balaban J connectivity index is 2.51. The molecule has 0 radical (unpaired) electrons. The second-order valence-corrected chi connectivity index (χ2v) is 4.19. The molecule has 4 heteroatoms. The Morgan fingerprint density at radius 2 is 2.13 bits per heavy atom. The van der Waals surface area contributed by atoms with Crippen LogP contribution < -0.4 is 5.32 Å². The second kappa shape index (κ2) is 5.88. The van der Waals surface area contributed by atoms with Crippen LogP contribution in [-0.4, -0.2) is 19.3 Å². The molecule has 0 saturated heterocycles. The van der Waals surface area contributed by atoms with Gasteiger partial charge in [-0.2, -0.15) is 0 Å². The number of halogens is 2. The van der Waals surface area contributed by atoms with Gasteiger partial charge in [0.15, 0.2) is 11.6 Å². The molecule has 0 spiro atoms. The lowest BCUT2D eigenvalue weighted by Gasteiger charge is -2.04. The van der Waals surface area contributed by atoms with E-state index in [-0.39, 0.29) is 0 Å². The topological polar surface area (TPSA) is 12.0 Å². The van der Waals surface area contributed by atoms with Gasteiger partial charge in [0, 0.05) is 17.2 Å². The number of hydrogen-bond donors (Lipinski definition) is 1. The van der Waals surface area contributed by atoms with Gasteiger partial charge in [0.2, 0.25) is 0 Å².